The molecule has 0 fully saturated rings. The van der Waals surface area contributed by atoms with Crippen LogP contribution in [0.5, 0.6) is 0 Å². The number of nitrogens with zero attached hydrogens (tertiary/aromatic N) is 3. The van der Waals surface area contributed by atoms with E-state index in [-0.39, 0.29) is 5.91 Å². The van der Waals surface area contributed by atoms with Crippen molar-refractivity contribution >= 4 is 23.6 Å². The van der Waals surface area contributed by atoms with Crippen LogP contribution in [0.25, 0.3) is 0 Å². The minimum atomic E-state index is -0.211. The van der Waals surface area contributed by atoms with Gasteiger partial charge in [-0.05, 0) is 6.07 Å². The van der Waals surface area contributed by atoms with Crippen molar-refractivity contribution < 1.29 is 4.79 Å². The van der Waals surface area contributed by atoms with E-state index in [4.69, 9.17) is 0 Å². The Kier molecular flexibility index (Phi) is 2.68. The summed E-state index contributed by atoms with van der Waals surface area (Å²) in [5.74, 6) is -0.211. The lowest BCUT2D eigenvalue weighted by atomic mass is 10.1. The smallest absolute Gasteiger partial charge is 0.276 e. The second-order valence-electron chi connectivity index (χ2n) is 3.64. The summed E-state index contributed by atoms with van der Waals surface area (Å²) >= 11 is 0. The molecule has 0 aromatic heterocycles. The molecule has 0 atom stereocenters. The van der Waals surface area contributed by atoms with Crippen LogP contribution >= 0.6 is 0 Å². The number of para-hydroxylation sites is 1. The van der Waals surface area contributed by atoms with Gasteiger partial charge in [0.2, 0.25) is 0 Å². The molecule has 1 aromatic rings. The van der Waals surface area contributed by atoms with E-state index in [1.54, 1.807) is 11.2 Å². The number of hydrogen-bond donors (Lipinski definition) is 1. The molecule has 0 saturated heterocycles. The van der Waals surface area contributed by atoms with E-state index in [1.807, 2.05) is 38.4 Å². The zero-order valence-electron chi connectivity index (χ0n) is 9.14. The average Bonchev–Trinajstić information content (AvgIpc) is 2.55. The molecule has 0 saturated carbocycles. The zero-order chi connectivity index (χ0) is 11.5. The molecule has 82 valence electrons. The molecular weight excluding hydrogens is 204 g/mol. The van der Waals surface area contributed by atoms with Crippen molar-refractivity contribution in [3.05, 3.63) is 29.8 Å². The van der Waals surface area contributed by atoms with Crippen molar-refractivity contribution in [1.82, 2.24) is 4.90 Å². The molecule has 5 heteroatoms. The first-order chi connectivity index (χ1) is 7.68. The minimum Gasteiger partial charge on any atom is -0.367 e. The number of amides is 1. The highest BCUT2D eigenvalue weighted by molar-refractivity contribution is 6.53. The minimum absolute atomic E-state index is 0.211. The molecular formula is C11H12N4O. The van der Waals surface area contributed by atoms with Crippen LogP contribution in [0.15, 0.2) is 34.5 Å². The maximum atomic E-state index is 11.6. The molecule has 0 bridgehead atoms. The van der Waals surface area contributed by atoms with Gasteiger partial charge in [-0.15, -0.1) is 10.2 Å². The molecule has 16 heavy (non-hydrogen) atoms. The average molecular weight is 216 g/mol. The maximum absolute atomic E-state index is 11.6. The Labute approximate surface area is 93.5 Å². The third-order valence-electron chi connectivity index (χ3n) is 2.09. The second kappa shape index (κ2) is 4.14. The van der Waals surface area contributed by atoms with Gasteiger partial charge < -0.3 is 10.2 Å². The number of fused-ring (bicyclic) bond motifs is 1. The standard InChI is InChI=1S/C11H12N4O/c1-15(2)7-12-14-10-8-5-3-4-6-9(8)13-11(10)16/h3-7H,1-2H3,(H,13,14,16)/b12-7-. The normalized spacial score (nSPS) is 16.6. The quantitative estimate of drug-likeness (QED) is 0.454. The summed E-state index contributed by atoms with van der Waals surface area (Å²) in [6.07, 6.45) is 1.54. The maximum Gasteiger partial charge on any atom is 0.276 e. The Morgan fingerprint density at radius 2 is 2.06 bits per heavy atom. The van der Waals surface area contributed by atoms with Crippen molar-refractivity contribution in [2.24, 2.45) is 10.2 Å². The van der Waals surface area contributed by atoms with Crippen molar-refractivity contribution in [2.45, 2.75) is 0 Å². The second-order valence-corrected chi connectivity index (χ2v) is 3.64. The van der Waals surface area contributed by atoms with Gasteiger partial charge in [0.15, 0.2) is 5.71 Å². The molecule has 0 radical (unpaired) electrons. The highest BCUT2D eigenvalue weighted by atomic mass is 16.2. The Balaban J connectivity index is 2.32. The molecule has 2 rings (SSSR count). The first-order valence-electron chi connectivity index (χ1n) is 4.87. The molecule has 0 aliphatic carbocycles. The van der Waals surface area contributed by atoms with Crippen LogP contribution in [0.3, 0.4) is 0 Å². The number of rotatable bonds is 2. The van der Waals surface area contributed by atoms with E-state index >= 15 is 0 Å². The van der Waals surface area contributed by atoms with Gasteiger partial charge in [0.1, 0.15) is 6.34 Å². The summed E-state index contributed by atoms with van der Waals surface area (Å²) in [4.78, 5) is 13.3. The molecule has 5 nitrogen and oxygen atoms in total. The van der Waals surface area contributed by atoms with Crippen LogP contribution in [0.2, 0.25) is 0 Å². The molecule has 1 heterocycles. The Bertz CT molecular complexity index is 477. The summed E-state index contributed by atoms with van der Waals surface area (Å²) in [5, 5.41) is 10.5. The summed E-state index contributed by atoms with van der Waals surface area (Å²) in [5.41, 5.74) is 1.93. The van der Waals surface area contributed by atoms with Gasteiger partial charge in [-0.1, -0.05) is 18.2 Å². The van der Waals surface area contributed by atoms with Gasteiger partial charge in [-0.25, -0.2) is 0 Å². The van der Waals surface area contributed by atoms with Gasteiger partial charge in [-0.2, -0.15) is 0 Å². The van der Waals surface area contributed by atoms with Gasteiger partial charge in [0, 0.05) is 19.7 Å². The lowest BCUT2D eigenvalue weighted by molar-refractivity contribution is -0.110. The van der Waals surface area contributed by atoms with Crippen LogP contribution < -0.4 is 5.32 Å². The fourth-order valence-electron chi connectivity index (χ4n) is 1.39. The highest BCUT2D eigenvalue weighted by Crippen LogP contribution is 2.22. The molecule has 1 aliphatic rings. The van der Waals surface area contributed by atoms with E-state index in [0.29, 0.717) is 5.71 Å². The summed E-state index contributed by atoms with van der Waals surface area (Å²) in [7, 11) is 3.68. The fourth-order valence-corrected chi connectivity index (χ4v) is 1.39. The van der Waals surface area contributed by atoms with Gasteiger partial charge >= 0.3 is 0 Å². The van der Waals surface area contributed by atoms with Crippen molar-refractivity contribution in [2.75, 3.05) is 19.4 Å². The van der Waals surface area contributed by atoms with Crippen LogP contribution in [0.4, 0.5) is 5.69 Å². The summed E-state index contributed by atoms with van der Waals surface area (Å²) in [6, 6.07) is 7.41. The van der Waals surface area contributed by atoms with Crippen LogP contribution in [0.1, 0.15) is 5.56 Å². The van der Waals surface area contributed by atoms with E-state index < -0.39 is 0 Å². The topological polar surface area (TPSA) is 57.1 Å². The largest absolute Gasteiger partial charge is 0.367 e. The molecule has 0 unspecified atom stereocenters. The highest BCUT2D eigenvalue weighted by Gasteiger charge is 2.25. The summed E-state index contributed by atoms with van der Waals surface area (Å²) < 4.78 is 0. The van der Waals surface area contributed by atoms with Crippen molar-refractivity contribution in [3.63, 3.8) is 0 Å². The van der Waals surface area contributed by atoms with Crippen molar-refractivity contribution in [1.29, 1.82) is 0 Å². The van der Waals surface area contributed by atoms with E-state index in [0.717, 1.165) is 11.3 Å². The number of nitrogens with one attached hydrogen (secondary N) is 1. The number of anilines is 1. The van der Waals surface area contributed by atoms with Crippen LogP contribution in [-0.2, 0) is 4.79 Å². The molecule has 1 aliphatic heterocycles. The number of benzene rings is 1. The zero-order valence-corrected chi connectivity index (χ0v) is 9.14. The molecule has 1 N–H and O–H groups in total. The number of carbonyl (C=O) groups excluding carboxylic acids is 1. The van der Waals surface area contributed by atoms with Gasteiger partial charge in [0.05, 0.1) is 5.69 Å². The lowest BCUT2D eigenvalue weighted by Gasteiger charge is -1.99. The van der Waals surface area contributed by atoms with Crippen LogP contribution in [0, 0.1) is 0 Å². The van der Waals surface area contributed by atoms with Gasteiger partial charge in [0.25, 0.3) is 5.91 Å². The lowest BCUT2D eigenvalue weighted by Crippen LogP contribution is -2.14. The van der Waals surface area contributed by atoms with Gasteiger partial charge in [-0.3, -0.25) is 4.79 Å². The van der Waals surface area contributed by atoms with Crippen molar-refractivity contribution in [3.8, 4) is 0 Å². The number of hydrogen-bond acceptors (Lipinski definition) is 3. The van der Waals surface area contributed by atoms with E-state index in [9.17, 15) is 4.79 Å². The predicted octanol–water partition coefficient (Wildman–Crippen LogP) is 0.933. The summed E-state index contributed by atoms with van der Waals surface area (Å²) in [6.45, 7) is 0. The predicted molar refractivity (Wildman–Crippen MR) is 63.8 cm³/mol. The molecule has 1 amide bonds. The van der Waals surface area contributed by atoms with Crippen LogP contribution in [-0.4, -0.2) is 37.0 Å². The Morgan fingerprint density at radius 1 is 1.31 bits per heavy atom. The monoisotopic (exact) mass is 216 g/mol. The van der Waals surface area contributed by atoms with E-state index in [2.05, 4.69) is 15.5 Å². The SMILES string of the molecule is CN(C)/C=N\N=C1/C(=O)Nc2ccccc21. The molecule has 0 spiro atoms. The Hall–Kier alpha value is -2.17. The fraction of sp³-hybridized carbons (Fsp3) is 0.182. The third-order valence-corrected chi connectivity index (χ3v) is 2.09. The molecule has 1 aromatic carbocycles. The first kappa shape index (κ1) is 10.4. The number of carbonyl (C=O) groups is 1. The first-order valence-corrected chi connectivity index (χ1v) is 4.87. The third kappa shape index (κ3) is 1.93. The Morgan fingerprint density at radius 3 is 2.81 bits per heavy atom. The van der Waals surface area contributed by atoms with E-state index in [1.165, 1.54) is 0 Å².